The second kappa shape index (κ2) is 9.59. The number of anilines is 1. The molecule has 0 heterocycles. The van der Waals surface area contributed by atoms with Gasteiger partial charge in [0.25, 0.3) is 0 Å². The Morgan fingerprint density at radius 1 is 1.00 bits per heavy atom. The maximum atomic E-state index is 12.1. The van der Waals surface area contributed by atoms with Crippen molar-refractivity contribution >= 4 is 35.0 Å². The number of nitrogens with one attached hydrogen (secondary N) is 2. The number of carbonyl (C=O) groups excluding carboxylic acids is 1. The predicted molar refractivity (Wildman–Crippen MR) is 111 cm³/mol. The molecule has 0 unspecified atom stereocenters. The van der Waals surface area contributed by atoms with Crippen molar-refractivity contribution in [1.29, 1.82) is 0 Å². The molecule has 2 N–H and O–H groups in total. The number of methoxy groups -OCH3 is 3. The van der Waals surface area contributed by atoms with E-state index in [2.05, 4.69) is 10.6 Å². The summed E-state index contributed by atoms with van der Waals surface area (Å²) in [6.07, 6.45) is 3.01. The van der Waals surface area contributed by atoms with Gasteiger partial charge < -0.3 is 19.5 Å². The van der Waals surface area contributed by atoms with E-state index in [9.17, 15) is 4.79 Å². The Kier molecular flexibility index (Phi) is 7.19. The van der Waals surface area contributed by atoms with Crippen molar-refractivity contribution in [2.75, 3.05) is 26.6 Å². The first-order valence-corrected chi connectivity index (χ1v) is 8.54. The number of aryl methyl sites for hydroxylation is 1. The minimum Gasteiger partial charge on any atom is -0.493 e. The van der Waals surface area contributed by atoms with Gasteiger partial charge in [-0.25, -0.2) is 0 Å². The molecule has 0 aliphatic heterocycles. The van der Waals surface area contributed by atoms with Gasteiger partial charge in [0.15, 0.2) is 16.6 Å². The van der Waals surface area contributed by atoms with Gasteiger partial charge in [-0.15, -0.1) is 0 Å². The van der Waals surface area contributed by atoms with Crippen molar-refractivity contribution in [3.63, 3.8) is 0 Å². The first-order chi connectivity index (χ1) is 13.0. The lowest BCUT2D eigenvalue weighted by atomic mass is 10.1. The van der Waals surface area contributed by atoms with Crippen LogP contribution >= 0.6 is 12.2 Å². The number of amides is 1. The van der Waals surface area contributed by atoms with Crippen LogP contribution in [0.5, 0.6) is 17.2 Å². The quantitative estimate of drug-likeness (QED) is 0.585. The lowest BCUT2D eigenvalue weighted by molar-refractivity contribution is -0.115. The molecule has 0 atom stereocenters. The van der Waals surface area contributed by atoms with Crippen molar-refractivity contribution in [2.24, 2.45) is 0 Å². The molecule has 2 aromatic carbocycles. The van der Waals surface area contributed by atoms with E-state index in [-0.39, 0.29) is 11.0 Å². The topological polar surface area (TPSA) is 68.8 Å². The summed E-state index contributed by atoms with van der Waals surface area (Å²) in [7, 11) is 4.60. The average molecular weight is 386 g/mol. The third-order valence-electron chi connectivity index (χ3n) is 3.66. The smallest absolute Gasteiger partial charge is 0.250 e. The Bertz CT molecular complexity index is 823. The third-order valence-corrected chi connectivity index (χ3v) is 3.86. The van der Waals surface area contributed by atoms with Crippen LogP contribution in [0.3, 0.4) is 0 Å². The van der Waals surface area contributed by atoms with Crippen LogP contribution in [-0.4, -0.2) is 32.3 Å². The molecule has 0 spiro atoms. The molecule has 27 heavy (non-hydrogen) atoms. The predicted octanol–water partition coefficient (Wildman–Crippen LogP) is 3.55. The molecule has 1 amide bonds. The van der Waals surface area contributed by atoms with E-state index in [1.165, 1.54) is 27.4 Å². The first-order valence-electron chi connectivity index (χ1n) is 8.13. The molecule has 0 fully saturated rings. The maximum Gasteiger partial charge on any atom is 0.250 e. The van der Waals surface area contributed by atoms with E-state index in [0.717, 1.165) is 16.8 Å². The lowest BCUT2D eigenvalue weighted by Gasteiger charge is -2.12. The molecule has 6 nitrogen and oxygen atoms in total. The summed E-state index contributed by atoms with van der Waals surface area (Å²) in [5.41, 5.74) is 2.67. The highest BCUT2D eigenvalue weighted by molar-refractivity contribution is 7.80. The highest BCUT2D eigenvalue weighted by Gasteiger charge is 2.12. The summed E-state index contributed by atoms with van der Waals surface area (Å²) in [4.78, 5) is 12.1. The molecule has 7 heteroatoms. The molecule has 0 aliphatic carbocycles. The normalized spacial score (nSPS) is 10.4. The zero-order chi connectivity index (χ0) is 19.8. The Labute approximate surface area is 164 Å². The van der Waals surface area contributed by atoms with Crippen LogP contribution in [0.4, 0.5) is 5.69 Å². The monoisotopic (exact) mass is 386 g/mol. The van der Waals surface area contributed by atoms with Crippen LogP contribution in [0.25, 0.3) is 6.08 Å². The van der Waals surface area contributed by atoms with Gasteiger partial charge in [0.1, 0.15) is 0 Å². The second-order valence-corrected chi connectivity index (χ2v) is 6.01. The molecule has 0 bridgehead atoms. The Balaban J connectivity index is 2.03. The van der Waals surface area contributed by atoms with Gasteiger partial charge in [0.05, 0.1) is 21.3 Å². The second-order valence-electron chi connectivity index (χ2n) is 5.60. The van der Waals surface area contributed by atoms with E-state index >= 15 is 0 Å². The van der Waals surface area contributed by atoms with Gasteiger partial charge in [-0.1, -0.05) is 17.7 Å². The molecule has 0 saturated carbocycles. The highest BCUT2D eigenvalue weighted by Crippen LogP contribution is 2.38. The van der Waals surface area contributed by atoms with E-state index in [0.29, 0.717) is 17.2 Å². The maximum absolute atomic E-state index is 12.1. The van der Waals surface area contributed by atoms with Crippen LogP contribution < -0.4 is 24.8 Å². The summed E-state index contributed by atoms with van der Waals surface area (Å²) >= 11 is 5.15. The summed E-state index contributed by atoms with van der Waals surface area (Å²) in [6, 6.07) is 11.2. The van der Waals surface area contributed by atoms with Crippen LogP contribution in [-0.2, 0) is 4.79 Å². The molecule has 2 aromatic rings. The fourth-order valence-corrected chi connectivity index (χ4v) is 2.54. The van der Waals surface area contributed by atoms with Crippen molar-refractivity contribution in [3.05, 3.63) is 53.6 Å². The van der Waals surface area contributed by atoms with E-state index < -0.39 is 0 Å². The standard InChI is InChI=1S/C20H22N2O4S/c1-13-5-8-15(9-6-13)21-20(27)22-18(23)10-7-14-11-16(24-2)19(26-4)17(12-14)25-3/h5-12H,1-4H3,(H2,21,22,23,27)/b10-7+. The highest BCUT2D eigenvalue weighted by atomic mass is 32.1. The fourth-order valence-electron chi connectivity index (χ4n) is 2.32. The van der Waals surface area contributed by atoms with E-state index in [4.69, 9.17) is 26.4 Å². The zero-order valence-corrected chi connectivity index (χ0v) is 16.5. The van der Waals surface area contributed by atoms with Gasteiger partial charge in [0, 0.05) is 11.8 Å². The summed E-state index contributed by atoms with van der Waals surface area (Å²) < 4.78 is 15.9. The van der Waals surface area contributed by atoms with Crippen molar-refractivity contribution in [1.82, 2.24) is 5.32 Å². The van der Waals surface area contributed by atoms with Gasteiger partial charge in [-0.05, 0) is 55.0 Å². The molecule has 0 saturated heterocycles. The van der Waals surface area contributed by atoms with Crippen LogP contribution in [0.1, 0.15) is 11.1 Å². The zero-order valence-electron chi connectivity index (χ0n) is 15.7. The number of hydrogen-bond donors (Lipinski definition) is 2. The molecular weight excluding hydrogens is 364 g/mol. The van der Waals surface area contributed by atoms with Gasteiger partial charge in [0.2, 0.25) is 11.7 Å². The Hall–Kier alpha value is -3.06. The third kappa shape index (κ3) is 5.72. The van der Waals surface area contributed by atoms with E-state index in [1.54, 1.807) is 18.2 Å². The first kappa shape index (κ1) is 20.3. The Morgan fingerprint density at radius 3 is 2.11 bits per heavy atom. The molecule has 0 radical (unpaired) electrons. The van der Waals surface area contributed by atoms with E-state index in [1.807, 2.05) is 31.2 Å². The van der Waals surface area contributed by atoms with Gasteiger partial charge in [-0.3, -0.25) is 10.1 Å². The van der Waals surface area contributed by atoms with Crippen molar-refractivity contribution < 1.29 is 19.0 Å². The van der Waals surface area contributed by atoms with Crippen LogP contribution in [0.15, 0.2) is 42.5 Å². The molecule has 142 valence electrons. The van der Waals surface area contributed by atoms with Gasteiger partial charge in [-0.2, -0.15) is 0 Å². The molecule has 0 aliphatic rings. The number of benzene rings is 2. The fraction of sp³-hybridized carbons (Fsp3) is 0.200. The lowest BCUT2D eigenvalue weighted by Crippen LogP contribution is -2.32. The number of hydrogen-bond acceptors (Lipinski definition) is 5. The summed E-state index contributed by atoms with van der Waals surface area (Å²) in [5, 5.41) is 5.78. The largest absolute Gasteiger partial charge is 0.493 e. The summed E-state index contributed by atoms with van der Waals surface area (Å²) in [5.74, 6) is 1.15. The van der Waals surface area contributed by atoms with Crippen molar-refractivity contribution in [3.8, 4) is 17.2 Å². The minimum atomic E-state index is -0.353. The molecule has 0 aromatic heterocycles. The summed E-state index contributed by atoms with van der Waals surface area (Å²) in [6.45, 7) is 2.00. The van der Waals surface area contributed by atoms with Crippen LogP contribution in [0.2, 0.25) is 0 Å². The van der Waals surface area contributed by atoms with Crippen LogP contribution in [0, 0.1) is 6.92 Å². The van der Waals surface area contributed by atoms with Gasteiger partial charge >= 0.3 is 0 Å². The number of thiocarbonyl (C=S) groups is 1. The minimum absolute atomic E-state index is 0.221. The molecular formula is C20H22N2O4S. The number of carbonyl (C=O) groups is 1. The van der Waals surface area contributed by atoms with Crippen molar-refractivity contribution in [2.45, 2.75) is 6.92 Å². The number of ether oxygens (including phenoxy) is 3. The average Bonchev–Trinajstić information content (AvgIpc) is 2.67. The number of rotatable bonds is 6. The molecule has 2 rings (SSSR count). The SMILES string of the molecule is COc1cc(/C=C/C(=O)NC(=S)Nc2ccc(C)cc2)cc(OC)c1OC. The Morgan fingerprint density at radius 2 is 1.59 bits per heavy atom.